The Morgan fingerprint density at radius 2 is 0.427 bits per heavy atom. The highest BCUT2D eigenvalue weighted by Crippen LogP contribution is 2.46. The molecular formula is C113H146O30. The minimum Gasteiger partial charge on any atom is -0.491 e. The lowest BCUT2D eigenvalue weighted by atomic mass is 10.1. The molecule has 8 aromatic carbocycles. The van der Waals surface area contributed by atoms with Crippen LogP contribution in [0.15, 0.2) is 282 Å². The second-order valence-electron chi connectivity index (χ2n) is 30.4. The fourth-order valence-corrected chi connectivity index (χ4v) is 12.7. The molecule has 0 heterocycles. The van der Waals surface area contributed by atoms with E-state index in [4.69, 9.17) is 114 Å². The van der Waals surface area contributed by atoms with Crippen LogP contribution in [0.4, 0.5) is 0 Å². The van der Waals surface area contributed by atoms with Crippen LogP contribution in [0.1, 0.15) is 80.9 Å². The van der Waals surface area contributed by atoms with Gasteiger partial charge in [-0.1, -0.05) is 248 Å². The number of hydrogen-bond donors (Lipinski definition) is 0. The fourth-order valence-electron chi connectivity index (χ4n) is 12.7. The molecule has 0 bridgehead atoms. The van der Waals surface area contributed by atoms with Crippen LogP contribution >= 0.6 is 0 Å². The summed E-state index contributed by atoms with van der Waals surface area (Å²) in [5, 5.41) is 0. The molecule has 778 valence electrons. The van der Waals surface area contributed by atoms with Crippen LogP contribution in [0, 0.1) is 0 Å². The molecule has 8 aromatic rings. The number of esters is 6. The van der Waals surface area contributed by atoms with Gasteiger partial charge in [0.2, 0.25) is 0 Å². The first-order chi connectivity index (χ1) is 70.2. The van der Waals surface area contributed by atoms with Gasteiger partial charge in [-0.25, -0.2) is 28.8 Å². The summed E-state index contributed by atoms with van der Waals surface area (Å²) in [4.78, 5) is 64.9. The van der Waals surface area contributed by atoms with Crippen LogP contribution in [-0.4, -0.2) is 287 Å². The summed E-state index contributed by atoms with van der Waals surface area (Å²) in [6.45, 7) is 42.8. The van der Waals surface area contributed by atoms with Crippen molar-refractivity contribution < 1.29 is 142 Å². The highest BCUT2D eigenvalue weighted by Gasteiger charge is 2.30. The molecule has 0 saturated heterocycles. The van der Waals surface area contributed by atoms with E-state index in [9.17, 15) is 28.8 Å². The number of ether oxygens (including phenoxy) is 24. The Bertz CT molecular complexity index is 4670. The van der Waals surface area contributed by atoms with Gasteiger partial charge >= 0.3 is 35.8 Å². The number of rotatable bonds is 72. The third kappa shape index (κ3) is 56.6. The molecule has 143 heavy (non-hydrogen) atoms. The van der Waals surface area contributed by atoms with Gasteiger partial charge in [-0.2, -0.15) is 0 Å². The summed E-state index contributed by atoms with van der Waals surface area (Å²) in [6.07, 6.45) is 9.97. The lowest BCUT2D eigenvalue weighted by Crippen LogP contribution is -2.15. The molecule has 0 fully saturated rings. The summed E-state index contributed by atoms with van der Waals surface area (Å²) in [7, 11) is 0. The zero-order chi connectivity index (χ0) is 103. The van der Waals surface area contributed by atoms with Gasteiger partial charge in [-0.05, 0) is 111 Å². The second-order valence-corrected chi connectivity index (χ2v) is 30.4. The third-order valence-electron chi connectivity index (χ3n) is 19.8. The van der Waals surface area contributed by atoms with E-state index in [1.807, 2.05) is 97.1 Å². The molecule has 0 aromatic heterocycles. The molecule has 0 unspecified atom stereocenters. The van der Waals surface area contributed by atoms with Crippen LogP contribution < -0.4 is 9.47 Å². The Balaban J connectivity index is 0.000000309. The molecule has 0 saturated carbocycles. The molecule has 0 N–H and O–H groups in total. The van der Waals surface area contributed by atoms with E-state index >= 15 is 0 Å². The van der Waals surface area contributed by atoms with E-state index in [0.717, 1.165) is 91.9 Å². The van der Waals surface area contributed by atoms with Crippen molar-refractivity contribution in [3.63, 3.8) is 0 Å². The average Bonchev–Trinajstić information content (AvgIpc) is 1.62. The summed E-state index contributed by atoms with van der Waals surface area (Å²) in [5.41, 5.74) is 14.8. The van der Waals surface area contributed by atoms with Gasteiger partial charge in [0, 0.05) is 49.2 Å². The monoisotopic (exact) mass is 1980 g/mol. The smallest absolute Gasteiger partial charge is 0.333 e. The Hall–Kier alpha value is -12.0. The van der Waals surface area contributed by atoms with Crippen LogP contribution in [-0.2, 0) is 133 Å². The molecule has 2 aliphatic rings. The first kappa shape index (κ1) is 121. The minimum atomic E-state index is -0.452. The Morgan fingerprint density at radius 3 is 0.657 bits per heavy atom. The zero-order valence-electron chi connectivity index (χ0n) is 83.4. The molecule has 0 aliphatic heterocycles. The number of hydrogen-bond acceptors (Lipinski definition) is 30. The number of fused-ring (bicyclic) bond motifs is 6. The summed E-state index contributed by atoms with van der Waals surface area (Å²) in [5.74, 6) is -0.950. The van der Waals surface area contributed by atoms with Crippen LogP contribution in [0.3, 0.4) is 0 Å². The fraction of sp³-hybridized carbons (Fsp3) is 0.416. The Labute approximate surface area is 843 Å². The highest BCUT2D eigenvalue weighted by atomic mass is 16.6. The molecule has 0 amide bonds. The van der Waals surface area contributed by atoms with Gasteiger partial charge in [-0.15, -0.1) is 0 Å². The van der Waals surface area contributed by atoms with Crippen molar-refractivity contribution in [2.75, 3.05) is 251 Å². The lowest BCUT2D eigenvalue weighted by molar-refractivity contribution is -0.141. The van der Waals surface area contributed by atoms with E-state index < -0.39 is 29.8 Å². The minimum absolute atomic E-state index is 0.0412. The van der Waals surface area contributed by atoms with Crippen LogP contribution in [0.5, 0.6) is 11.5 Å². The lowest BCUT2D eigenvalue weighted by Gasteiger charge is -2.15. The normalized spacial score (nSPS) is 11.1. The van der Waals surface area contributed by atoms with E-state index in [-0.39, 0.29) is 57.8 Å². The average molecular weight is 1980 g/mol. The van der Waals surface area contributed by atoms with Crippen molar-refractivity contribution >= 4 is 35.8 Å². The van der Waals surface area contributed by atoms with E-state index in [1.165, 1.54) is 55.6 Å². The van der Waals surface area contributed by atoms with Crippen LogP contribution in [0.2, 0.25) is 0 Å². The van der Waals surface area contributed by atoms with Crippen LogP contribution in [0.25, 0.3) is 44.5 Å². The van der Waals surface area contributed by atoms with E-state index in [0.29, 0.717) is 204 Å². The van der Waals surface area contributed by atoms with Gasteiger partial charge in [0.1, 0.15) is 76.6 Å². The molecule has 0 spiro atoms. The van der Waals surface area contributed by atoms with E-state index in [2.05, 4.69) is 163 Å². The Kier molecular flexibility index (Phi) is 70.0. The first-order valence-electron chi connectivity index (χ1n) is 48.2. The summed E-state index contributed by atoms with van der Waals surface area (Å²) < 4.78 is 127. The van der Waals surface area contributed by atoms with Gasteiger partial charge in [-0.3, -0.25) is 0 Å². The molecular weight excluding hydrogens is 1840 g/mol. The highest BCUT2D eigenvalue weighted by molar-refractivity contribution is 5.87. The predicted molar refractivity (Wildman–Crippen MR) is 547 cm³/mol. The van der Waals surface area contributed by atoms with Crippen molar-refractivity contribution in [2.24, 2.45) is 0 Å². The molecule has 0 atom stereocenters. The van der Waals surface area contributed by atoms with Crippen molar-refractivity contribution in [3.8, 4) is 56.0 Å². The van der Waals surface area contributed by atoms with Gasteiger partial charge in [0.05, 0.1) is 185 Å². The van der Waals surface area contributed by atoms with Crippen molar-refractivity contribution in [2.45, 2.75) is 58.7 Å². The van der Waals surface area contributed by atoms with Crippen molar-refractivity contribution in [3.05, 3.63) is 304 Å². The molecule has 2 aliphatic carbocycles. The van der Waals surface area contributed by atoms with Crippen molar-refractivity contribution in [1.82, 2.24) is 0 Å². The standard InChI is InChI=1S/C26H32O7.C25H32O7.C20H20O4.C19H20O4.C12H22O4.C11H20O4/c1-2-25(27)32-19-17-30-15-13-28-11-12-29-14-16-31-18-20-33-26-23-9-5-3-7-21(23)22-8-4-6-10-24(22)26;1-2-25(26)32-21-19-30-17-15-28-13-12-27-14-16-29-18-20-31-24-10-8-23(9-11-24)22-6-4-3-5-7-22;1-2-19(21)23-13-11-22-12-14-24-20-17-9-5-3-7-15(17)16-8-4-6-10-18(16)20;1-2-19(20)23-15-13-21-12-14-22-18-10-8-17(9-11-18)16-6-4-3-5-7-16;1-4-5-6-14-7-8-15-9-10-16-12(13)11(2)3;1-3-5-6-13-7-8-14-9-10-15-11(12)4-2/h2-10,26H,1,11-20H2;2-11H,1,12-21H2;2-10,20H,1,11-14H2;2-11H,1,12-15H2;2,4-10H2,1,3H3;4H,2-3,5-10H2,1H3. The zero-order valence-corrected chi connectivity index (χ0v) is 83.4. The SMILES string of the molecule is C=C(C)C(=O)OCCOCCOCCCC.C=CC(=O)OCCOCCOC1c2ccccc2-c2ccccc21.C=CC(=O)OCCOCCOCCCC.C=CC(=O)OCCOCCOCCOCCOCCOC1c2ccccc2-c2ccccc21.C=CC(=O)OCCOCCOCCOCCOCCOc1ccc(-c2ccccc2)cc1.C=CC(=O)OCCOCCOc1ccc(-c2ccccc2)cc1. The van der Waals surface area contributed by atoms with Gasteiger partial charge in [0.15, 0.2) is 0 Å². The maximum Gasteiger partial charge on any atom is 0.333 e. The second kappa shape index (κ2) is 82.4. The largest absolute Gasteiger partial charge is 0.491 e. The number of unbranched alkanes of at least 4 members (excludes halogenated alkanes) is 2. The quantitative estimate of drug-likeness (QED) is 0.0148. The predicted octanol–water partition coefficient (Wildman–Crippen LogP) is 17.6. The molecule has 30 nitrogen and oxygen atoms in total. The summed E-state index contributed by atoms with van der Waals surface area (Å²) >= 11 is 0. The molecule has 0 radical (unpaired) electrons. The van der Waals surface area contributed by atoms with Gasteiger partial charge < -0.3 is 114 Å². The van der Waals surface area contributed by atoms with Crippen molar-refractivity contribution in [1.29, 1.82) is 0 Å². The molecule has 30 heteroatoms. The van der Waals surface area contributed by atoms with E-state index in [1.54, 1.807) is 6.92 Å². The topological polar surface area (TPSA) is 324 Å². The summed E-state index contributed by atoms with van der Waals surface area (Å²) in [6, 6.07) is 69.8. The van der Waals surface area contributed by atoms with Gasteiger partial charge in [0.25, 0.3) is 0 Å². The maximum atomic E-state index is 10.9. The number of carbonyl (C=O) groups excluding carboxylic acids is 6. The number of carbonyl (C=O) groups is 6. The third-order valence-corrected chi connectivity index (χ3v) is 19.8. The first-order valence-corrected chi connectivity index (χ1v) is 48.2. The maximum absolute atomic E-state index is 10.9. The molecule has 10 rings (SSSR count). The Morgan fingerprint density at radius 1 is 0.231 bits per heavy atom. The number of benzene rings is 8.